The zero-order valence-electron chi connectivity index (χ0n) is 11.6. The summed E-state index contributed by atoms with van der Waals surface area (Å²) in [7, 11) is 2.23. The van der Waals surface area contributed by atoms with E-state index in [9.17, 15) is 4.79 Å². The third-order valence-corrected chi connectivity index (χ3v) is 5.82. The molecule has 3 heteroatoms. The first-order chi connectivity index (χ1) is 8.70. The highest BCUT2D eigenvalue weighted by molar-refractivity contribution is 5.87. The molecule has 0 bridgehead atoms. The summed E-state index contributed by atoms with van der Waals surface area (Å²) in [6.45, 7) is 0.879. The van der Waals surface area contributed by atoms with Gasteiger partial charge in [-0.2, -0.15) is 0 Å². The van der Waals surface area contributed by atoms with Gasteiger partial charge < -0.3 is 5.32 Å². The largest absolute Gasteiger partial charge is 0.353 e. The number of hydrogen-bond acceptors (Lipinski definition) is 2. The van der Waals surface area contributed by atoms with Gasteiger partial charge in [0.2, 0.25) is 5.91 Å². The van der Waals surface area contributed by atoms with E-state index < -0.39 is 0 Å². The van der Waals surface area contributed by atoms with Crippen molar-refractivity contribution in [1.82, 2.24) is 10.2 Å². The average Bonchev–Trinajstić information content (AvgIpc) is 2.44. The molecule has 1 aliphatic heterocycles. The van der Waals surface area contributed by atoms with Crippen molar-refractivity contribution in [1.29, 1.82) is 0 Å². The Morgan fingerprint density at radius 2 is 1.50 bits per heavy atom. The Kier molecular flexibility index (Phi) is 3.13. The van der Waals surface area contributed by atoms with Crippen LogP contribution in [0.15, 0.2) is 0 Å². The predicted molar refractivity (Wildman–Crippen MR) is 72.4 cm³/mol. The van der Waals surface area contributed by atoms with E-state index in [-0.39, 0.29) is 11.1 Å². The molecule has 0 unspecified atom stereocenters. The number of hydrogen-bond donors (Lipinski definition) is 1. The molecule has 0 aromatic rings. The minimum Gasteiger partial charge on any atom is -0.353 e. The van der Waals surface area contributed by atoms with Crippen LogP contribution in [0.1, 0.15) is 64.2 Å². The van der Waals surface area contributed by atoms with Gasteiger partial charge in [0.15, 0.2) is 0 Å². The van der Waals surface area contributed by atoms with E-state index in [4.69, 9.17) is 0 Å². The first-order valence-electron chi connectivity index (χ1n) is 7.72. The van der Waals surface area contributed by atoms with Gasteiger partial charge in [0.1, 0.15) is 5.54 Å². The fourth-order valence-electron chi connectivity index (χ4n) is 4.56. The topological polar surface area (TPSA) is 32.3 Å². The van der Waals surface area contributed by atoms with Crippen LogP contribution in [0.5, 0.6) is 0 Å². The molecule has 1 N–H and O–H groups in total. The molecule has 2 spiro atoms. The Morgan fingerprint density at radius 1 is 0.944 bits per heavy atom. The van der Waals surface area contributed by atoms with Crippen molar-refractivity contribution < 1.29 is 4.79 Å². The Labute approximate surface area is 110 Å². The van der Waals surface area contributed by atoms with Crippen LogP contribution in [0.3, 0.4) is 0 Å². The first-order valence-corrected chi connectivity index (χ1v) is 7.72. The highest BCUT2D eigenvalue weighted by Crippen LogP contribution is 2.44. The van der Waals surface area contributed by atoms with Gasteiger partial charge in [0.05, 0.1) is 0 Å². The van der Waals surface area contributed by atoms with Gasteiger partial charge in [-0.05, 0) is 32.7 Å². The van der Waals surface area contributed by atoms with Crippen molar-refractivity contribution in [3.8, 4) is 0 Å². The highest BCUT2D eigenvalue weighted by Gasteiger charge is 2.54. The molecule has 1 saturated heterocycles. The van der Waals surface area contributed by atoms with Gasteiger partial charge in [-0.25, -0.2) is 0 Å². The highest BCUT2D eigenvalue weighted by atomic mass is 16.2. The van der Waals surface area contributed by atoms with Gasteiger partial charge >= 0.3 is 0 Å². The summed E-state index contributed by atoms with van der Waals surface area (Å²) in [5.74, 6) is 0.306. The molecule has 102 valence electrons. The summed E-state index contributed by atoms with van der Waals surface area (Å²) in [6, 6.07) is 0. The van der Waals surface area contributed by atoms with Crippen LogP contribution in [0.2, 0.25) is 0 Å². The van der Waals surface area contributed by atoms with E-state index in [1.807, 2.05) is 0 Å². The standard InChI is InChI=1S/C15H26N2O/c1-17-14(8-4-2-5-9-14)12-16-13(18)15(17)10-6-3-7-11-15/h2-12H2,1H3,(H,16,18). The van der Waals surface area contributed by atoms with Crippen LogP contribution in [0.25, 0.3) is 0 Å². The predicted octanol–water partition coefficient (Wildman–Crippen LogP) is 2.45. The van der Waals surface area contributed by atoms with Gasteiger partial charge in [-0.15, -0.1) is 0 Å². The number of likely N-dealkylation sites (N-methyl/N-ethyl adjacent to an activating group) is 1. The Balaban J connectivity index is 1.89. The van der Waals surface area contributed by atoms with Crippen molar-refractivity contribution in [2.45, 2.75) is 75.3 Å². The molecule has 3 nitrogen and oxygen atoms in total. The molecular weight excluding hydrogens is 224 g/mol. The maximum atomic E-state index is 12.5. The van der Waals surface area contributed by atoms with E-state index in [0.717, 1.165) is 19.4 Å². The van der Waals surface area contributed by atoms with Crippen molar-refractivity contribution >= 4 is 5.91 Å². The second-order valence-corrected chi connectivity index (χ2v) is 6.62. The van der Waals surface area contributed by atoms with Crippen LogP contribution in [0, 0.1) is 0 Å². The number of nitrogens with one attached hydrogen (secondary N) is 1. The second kappa shape index (κ2) is 4.52. The molecule has 2 saturated carbocycles. The molecule has 3 rings (SSSR count). The summed E-state index contributed by atoms with van der Waals surface area (Å²) < 4.78 is 0. The van der Waals surface area contributed by atoms with Crippen molar-refractivity contribution in [2.75, 3.05) is 13.6 Å². The molecule has 0 atom stereocenters. The monoisotopic (exact) mass is 250 g/mol. The third kappa shape index (κ3) is 1.70. The van der Waals surface area contributed by atoms with Crippen molar-refractivity contribution in [3.63, 3.8) is 0 Å². The SMILES string of the molecule is CN1C2(CCCCC2)CNC(=O)C12CCCCC2. The summed E-state index contributed by atoms with van der Waals surface area (Å²) >= 11 is 0. The molecule has 1 amide bonds. The van der Waals surface area contributed by atoms with Gasteiger partial charge in [0.25, 0.3) is 0 Å². The third-order valence-electron chi connectivity index (χ3n) is 5.82. The van der Waals surface area contributed by atoms with Gasteiger partial charge in [-0.1, -0.05) is 38.5 Å². The molecule has 1 heterocycles. The lowest BCUT2D eigenvalue weighted by Crippen LogP contribution is -2.73. The fourth-order valence-corrected chi connectivity index (χ4v) is 4.56. The molecule has 3 aliphatic rings. The van der Waals surface area contributed by atoms with Crippen LogP contribution in [-0.2, 0) is 4.79 Å². The zero-order valence-corrected chi connectivity index (χ0v) is 11.6. The van der Waals surface area contributed by atoms with E-state index in [2.05, 4.69) is 17.3 Å². The lowest BCUT2D eigenvalue weighted by Gasteiger charge is -2.58. The molecule has 3 fully saturated rings. The lowest BCUT2D eigenvalue weighted by atomic mass is 9.70. The molecular formula is C15H26N2O. The average molecular weight is 250 g/mol. The zero-order chi connectivity index (χ0) is 12.6. The summed E-state index contributed by atoms with van der Waals surface area (Å²) in [6.07, 6.45) is 12.4. The minimum atomic E-state index is -0.173. The van der Waals surface area contributed by atoms with E-state index >= 15 is 0 Å². The summed E-state index contributed by atoms with van der Waals surface area (Å²) in [5, 5.41) is 3.25. The Morgan fingerprint density at radius 3 is 2.11 bits per heavy atom. The van der Waals surface area contributed by atoms with Gasteiger partial charge in [-0.3, -0.25) is 9.69 Å². The van der Waals surface area contributed by atoms with Crippen LogP contribution < -0.4 is 5.32 Å². The van der Waals surface area contributed by atoms with Crippen molar-refractivity contribution in [3.05, 3.63) is 0 Å². The molecule has 0 radical (unpaired) electrons. The summed E-state index contributed by atoms with van der Waals surface area (Å²) in [5.41, 5.74) is 0.0946. The van der Waals surface area contributed by atoms with Crippen LogP contribution in [0.4, 0.5) is 0 Å². The van der Waals surface area contributed by atoms with E-state index in [1.54, 1.807) is 0 Å². The molecule has 0 aromatic carbocycles. The number of nitrogens with zero attached hydrogens (tertiary/aromatic N) is 1. The number of carbonyl (C=O) groups is 1. The fraction of sp³-hybridized carbons (Fsp3) is 0.933. The smallest absolute Gasteiger partial charge is 0.240 e. The maximum absolute atomic E-state index is 12.5. The lowest BCUT2D eigenvalue weighted by molar-refractivity contribution is -0.151. The number of carbonyl (C=O) groups excluding carboxylic acids is 1. The minimum absolute atomic E-state index is 0.173. The summed E-state index contributed by atoms with van der Waals surface area (Å²) in [4.78, 5) is 15.0. The van der Waals surface area contributed by atoms with Crippen molar-refractivity contribution in [2.24, 2.45) is 0 Å². The number of amides is 1. The number of piperazine rings is 1. The van der Waals surface area contributed by atoms with E-state index in [1.165, 1.54) is 51.4 Å². The molecule has 2 aliphatic carbocycles. The normalized spacial score (nSPS) is 31.5. The maximum Gasteiger partial charge on any atom is 0.240 e. The Hall–Kier alpha value is -0.570. The van der Waals surface area contributed by atoms with Gasteiger partial charge in [0, 0.05) is 12.1 Å². The molecule has 0 aromatic heterocycles. The Bertz CT molecular complexity index is 327. The van der Waals surface area contributed by atoms with Crippen LogP contribution in [-0.4, -0.2) is 35.5 Å². The number of rotatable bonds is 0. The first kappa shape index (κ1) is 12.5. The van der Waals surface area contributed by atoms with E-state index in [0.29, 0.717) is 5.91 Å². The molecule has 18 heavy (non-hydrogen) atoms. The quantitative estimate of drug-likeness (QED) is 0.716. The van der Waals surface area contributed by atoms with Crippen LogP contribution >= 0.6 is 0 Å². The second-order valence-electron chi connectivity index (χ2n) is 6.62.